The molecule has 2 rings (SSSR count). The minimum absolute atomic E-state index is 0.0913. The highest BCUT2D eigenvalue weighted by molar-refractivity contribution is 5.99. The molecule has 2 aromatic carbocycles. The maximum Gasteiger partial charge on any atom is 0.251 e. The molecule has 4 heteroatoms. The molecule has 0 aliphatic rings. The molecule has 0 saturated carbocycles. The maximum absolute atomic E-state index is 12.5. The Bertz CT molecular complexity index is 661. The van der Waals surface area contributed by atoms with Crippen LogP contribution in [0.1, 0.15) is 29.8 Å². The first-order valence-electron chi connectivity index (χ1n) is 7.14. The zero-order valence-corrected chi connectivity index (χ0v) is 13.0. The van der Waals surface area contributed by atoms with Crippen LogP contribution in [0.3, 0.4) is 0 Å². The lowest BCUT2D eigenvalue weighted by molar-refractivity contribution is -0.120. The summed E-state index contributed by atoms with van der Waals surface area (Å²) in [6.45, 7) is 3.77. The van der Waals surface area contributed by atoms with Crippen molar-refractivity contribution in [2.24, 2.45) is 0 Å². The molecule has 0 radical (unpaired) electrons. The highest BCUT2D eigenvalue weighted by atomic mass is 16.2. The number of carbonyl (C=O) groups is 2. The number of amides is 2. The van der Waals surface area contributed by atoms with Crippen LogP contribution < -0.4 is 10.6 Å². The van der Waals surface area contributed by atoms with Crippen LogP contribution >= 0.6 is 0 Å². The summed E-state index contributed by atoms with van der Waals surface area (Å²) in [5.74, 6) is -0.242. The molecule has 0 saturated heterocycles. The standard InChI is InChI=1S/C18H20N2O2/c1-18(2,14-7-5-4-6-8-14)17(22)20-15-11-9-13(10-12-15)16(21)19-3/h4-12H,1-3H3,(H,19,21)(H,20,22). The van der Waals surface area contributed by atoms with Gasteiger partial charge >= 0.3 is 0 Å². The van der Waals surface area contributed by atoms with Crippen molar-refractivity contribution < 1.29 is 9.59 Å². The summed E-state index contributed by atoms with van der Waals surface area (Å²) in [6.07, 6.45) is 0. The van der Waals surface area contributed by atoms with Gasteiger partial charge in [0.15, 0.2) is 0 Å². The minimum Gasteiger partial charge on any atom is -0.355 e. The maximum atomic E-state index is 12.5. The van der Waals surface area contributed by atoms with Gasteiger partial charge in [-0.3, -0.25) is 9.59 Å². The van der Waals surface area contributed by atoms with Gasteiger partial charge in [-0.1, -0.05) is 30.3 Å². The first-order valence-corrected chi connectivity index (χ1v) is 7.14. The van der Waals surface area contributed by atoms with Crippen molar-refractivity contribution in [3.8, 4) is 0 Å². The van der Waals surface area contributed by atoms with Crippen LogP contribution in [0.4, 0.5) is 5.69 Å². The largest absolute Gasteiger partial charge is 0.355 e. The third kappa shape index (κ3) is 3.34. The van der Waals surface area contributed by atoms with Crippen LogP contribution in [0, 0.1) is 0 Å². The van der Waals surface area contributed by atoms with Crippen molar-refractivity contribution in [1.82, 2.24) is 5.32 Å². The van der Waals surface area contributed by atoms with Crippen LogP contribution in [0.2, 0.25) is 0 Å². The summed E-state index contributed by atoms with van der Waals surface area (Å²) in [6, 6.07) is 16.5. The molecule has 4 nitrogen and oxygen atoms in total. The highest BCUT2D eigenvalue weighted by Gasteiger charge is 2.29. The van der Waals surface area contributed by atoms with Gasteiger partial charge in [0, 0.05) is 18.3 Å². The lowest BCUT2D eigenvalue weighted by Gasteiger charge is -2.24. The number of nitrogens with one attached hydrogen (secondary N) is 2. The molecular formula is C18H20N2O2. The predicted octanol–water partition coefficient (Wildman–Crippen LogP) is 2.96. The molecule has 2 aromatic rings. The van der Waals surface area contributed by atoms with Crippen LogP contribution in [-0.2, 0) is 10.2 Å². The summed E-state index contributed by atoms with van der Waals surface area (Å²) < 4.78 is 0. The summed E-state index contributed by atoms with van der Waals surface area (Å²) >= 11 is 0. The van der Waals surface area contributed by atoms with Crippen LogP contribution in [0.25, 0.3) is 0 Å². The Hall–Kier alpha value is -2.62. The van der Waals surface area contributed by atoms with E-state index < -0.39 is 5.41 Å². The molecule has 2 N–H and O–H groups in total. The van der Waals surface area contributed by atoms with E-state index in [1.165, 1.54) is 0 Å². The molecule has 2 amide bonds. The van der Waals surface area contributed by atoms with Crippen molar-refractivity contribution in [3.05, 3.63) is 65.7 Å². The summed E-state index contributed by atoms with van der Waals surface area (Å²) in [5.41, 5.74) is 1.54. The van der Waals surface area contributed by atoms with E-state index in [1.54, 1.807) is 31.3 Å². The quantitative estimate of drug-likeness (QED) is 0.911. The second-order valence-electron chi connectivity index (χ2n) is 5.60. The Kier molecular flexibility index (Phi) is 4.61. The van der Waals surface area contributed by atoms with Gasteiger partial charge in [0.2, 0.25) is 5.91 Å². The van der Waals surface area contributed by atoms with E-state index in [0.29, 0.717) is 11.3 Å². The molecule has 0 heterocycles. The van der Waals surface area contributed by atoms with Crippen molar-refractivity contribution in [1.29, 1.82) is 0 Å². The predicted molar refractivity (Wildman–Crippen MR) is 87.9 cm³/mol. The number of rotatable bonds is 4. The fourth-order valence-electron chi connectivity index (χ4n) is 2.12. The molecule has 0 atom stereocenters. The van der Waals surface area contributed by atoms with Gasteiger partial charge in [0.25, 0.3) is 5.91 Å². The molecule has 0 aliphatic carbocycles. The molecule has 0 fully saturated rings. The van der Waals surface area contributed by atoms with E-state index in [2.05, 4.69) is 10.6 Å². The average Bonchev–Trinajstić information content (AvgIpc) is 2.55. The number of benzene rings is 2. The van der Waals surface area contributed by atoms with Gasteiger partial charge < -0.3 is 10.6 Å². The van der Waals surface area contributed by atoms with Gasteiger partial charge in [0.05, 0.1) is 5.41 Å². The van der Waals surface area contributed by atoms with Crippen molar-refractivity contribution in [3.63, 3.8) is 0 Å². The summed E-state index contributed by atoms with van der Waals surface area (Å²) in [7, 11) is 1.58. The summed E-state index contributed by atoms with van der Waals surface area (Å²) in [4.78, 5) is 24.0. The second-order valence-corrected chi connectivity index (χ2v) is 5.60. The molecule has 22 heavy (non-hydrogen) atoms. The SMILES string of the molecule is CNC(=O)c1ccc(NC(=O)C(C)(C)c2ccccc2)cc1. The van der Waals surface area contributed by atoms with E-state index in [0.717, 1.165) is 5.56 Å². The van der Waals surface area contributed by atoms with Crippen LogP contribution in [-0.4, -0.2) is 18.9 Å². The molecule has 0 aliphatic heterocycles. The Morgan fingerprint density at radius 2 is 1.50 bits per heavy atom. The lowest BCUT2D eigenvalue weighted by atomic mass is 9.83. The molecule has 0 bridgehead atoms. The fraction of sp³-hybridized carbons (Fsp3) is 0.222. The van der Waals surface area contributed by atoms with Gasteiger partial charge in [-0.15, -0.1) is 0 Å². The Balaban J connectivity index is 2.13. The lowest BCUT2D eigenvalue weighted by Crippen LogP contribution is -2.34. The van der Waals surface area contributed by atoms with E-state index in [1.807, 2.05) is 44.2 Å². The summed E-state index contributed by atoms with van der Waals surface area (Å²) in [5, 5.41) is 5.46. The fourth-order valence-corrected chi connectivity index (χ4v) is 2.12. The Morgan fingerprint density at radius 1 is 0.909 bits per heavy atom. The Labute approximate surface area is 130 Å². The molecule has 0 aromatic heterocycles. The zero-order chi connectivity index (χ0) is 16.2. The monoisotopic (exact) mass is 296 g/mol. The van der Waals surface area contributed by atoms with Crippen molar-refractivity contribution in [2.45, 2.75) is 19.3 Å². The van der Waals surface area contributed by atoms with Gasteiger partial charge in [-0.2, -0.15) is 0 Å². The van der Waals surface area contributed by atoms with E-state index >= 15 is 0 Å². The highest BCUT2D eigenvalue weighted by Crippen LogP contribution is 2.25. The van der Waals surface area contributed by atoms with Crippen LogP contribution in [0.5, 0.6) is 0 Å². The molecule has 0 unspecified atom stereocenters. The van der Waals surface area contributed by atoms with Gasteiger partial charge in [-0.25, -0.2) is 0 Å². The van der Waals surface area contributed by atoms with Gasteiger partial charge in [0.1, 0.15) is 0 Å². The number of hydrogen-bond donors (Lipinski definition) is 2. The third-order valence-electron chi connectivity index (χ3n) is 3.70. The molecular weight excluding hydrogens is 276 g/mol. The van der Waals surface area contributed by atoms with Crippen molar-refractivity contribution >= 4 is 17.5 Å². The minimum atomic E-state index is -0.638. The van der Waals surface area contributed by atoms with E-state index in [-0.39, 0.29) is 11.8 Å². The average molecular weight is 296 g/mol. The van der Waals surface area contributed by atoms with Gasteiger partial charge in [-0.05, 0) is 43.7 Å². The molecule has 0 spiro atoms. The first kappa shape index (κ1) is 15.8. The number of anilines is 1. The van der Waals surface area contributed by atoms with Crippen molar-refractivity contribution in [2.75, 3.05) is 12.4 Å². The normalized spacial score (nSPS) is 10.9. The van der Waals surface area contributed by atoms with Crippen LogP contribution in [0.15, 0.2) is 54.6 Å². The topological polar surface area (TPSA) is 58.2 Å². The first-order chi connectivity index (χ1) is 10.4. The third-order valence-corrected chi connectivity index (χ3v) is 3.70. The number of carbonyl (C=O) groups excluding carboxylic acids is 2. The number of hydrogen-bond acceptors (Lipinski definition) is 2. The smallest absolute Gasteiger partial charge is 0.251 e. The second kappa shape index (κ2) is 6.43. The van der Waals surface area contributed by atoms with E-state index in [9.17, 15) is 9.59 Å². The Morgan fingerprint density at radius 3 is 2.05 bits per heavy atom. The zero-order valence-electron chi connectivity index (χ0n) is 13.0. The molecule has 114 valence electrons. The van der Waals surface area contributed by atoms with E-state index in [4.69, 9.17) is 0 Å².